The van der Waals surface area contributed by atoms with E-state index in [2.05, 4.69) is 4.98 Å². The summed E-state index contributed by atoms with van der Waals surface area (Å²) in [6.45, 7) is 2.66. The molecule has 1 aliphatic rings. The summed E-state index contributed by atoms with van der Waals surface area (Å²) in [5, 5.41) is 9.97. The second-order valence-electron chi connectivity index (χ2n) is 4.44. The van der Waals surface area contributed by atoms with Gasteiger partial charge in [-0.3, -0.25) is 0 Å². The monoisotopic (exact) mass is 244 g/mol. The molecule has 0 saturated carbocycles. The fraction of sp³-hybridized carbons (Fsp3) is 0.231. The third-order valence-corrected chi connectivity index (χ3v) is 3.31. The maximum Gasteiger partial charge on any atom is 0.335 e. The molecule has 1 aliphatic heterocycles. The lowest BCUT2D eigenvalue weighted by molar-refractivity contribution is 0.0696. The second-order valence-corrected chi connectivity index (χ2v) is 4.44. The molecule has 3 N–H and O–H groups in total. The van der Waals surface area contributed by atoms with E-state index in [9.17, 15) is 4.79 Å². The first-order valence-corrected chi connectivity index (χ1v) is 5.60. The van der Waals surface area contributed by atoms with Crippen LogP contribution in [0.2, 0.25) is 0 Å². The van der Waals surface area contributed by atoms with Gasteiger partial charge in [-0.2, -0.15) is 0 Å². The number of carboxylic acid groups (broad SMARTS) is 1. The third-order valence-electron chi connectivity index (χ3n) is 3.31. The first kappa shape index (κ1) is 11.0. The lowest BCUT2D eigenvalue weighted by Gasteiger charge is -2.09. The summed E-state index contributed by atoms with van der Waals surface area (Å²) in [5.74, 6) is -0.462. The van der Waals surface area contributed by atoms with Gasteiger partial charge in [0.2, 0.25) is 0 Å². The molecule has 2 heterocycles. The summed E-state index contributed by atoms with van der Waals surface area (Å²) in [7, 11) is 0. The number of ether oxygens (including phenoxy) is 1. The van der Waals surface area contributed by atoms with Crippen molar-refractivity contribution in [1.29, 1.82) is 0 Å². The van der Waals surface area contributed by atoms with Gasteiger partial charge in [-0.15, -0.1) is 0 Å². The highest BCUT2D eigenvalue weighted by Gasteiger charge is 2.20. The number of nitrogens with zero attached hydrogens (tertiary/aromatic N) is 1. The van der Waals surface area contributed by atoms with E-state index in [1.807, 2.05) is 0 Å². The van der Waals surface area contributed by atoms with Crippen molar-refractivity contribution < 1.29 is 14.6 Å². The number of nitrogen functional groups attached to an aromatic ring is 1. The minimum atomic E-state index is -0.932. The molecular formula is C13H12N2O3. The van der Waals surface area contributed by atoms with Crippen LogP contribution in [0.25, 0.3) is 10.9 Å². The van der Waals surface area contributed by atoms with Crippen molar-refractivity contribution in [2.45, 2.75) is 20.1 Å². The quantitative estimate of drug-likeness (QED) is 0.799. The predicted molar refractivity (Wildman–Crippen MR) is 66.3 cm³/mol. The number of aryl methyl sites for hydroxylation is 1. The van der Waals surface area contributed by atoms with Crippen LogP contribution in [-0.2, 0) is 18.0 Å². The normalized spacial score (nSPS) is 13.8. The molecule has 1 aromatic carbocycles. The van der Waals surface area contributed by atoms with Crippen molar-refractivity contribution in [2.24, 2.45) is 0 Å². The van der Waals surface area contributed by atoms with Gasteiger partial charge in [0, 0.05) is 10.9 Å². The molecule has 5 nitrogen and oxygen atoms in total. The molecule has 2 aromatic rings. The van der Waals surface area contributed by atoms with Crippen LogP contribution in [0.1, 0.15) is 27.0 Å². The van der Waals surface area contributed by atoms with Crippen LogP contribution in [0, 0.1) is 6.92 Å². The smallest absolute Gasteiger partial charge is 0.335 e. The fourth-order valence-electron chi connectivity index (χ4n) is 2.35. The topological polar surface area (TPSA) is 85.4 Å². The number of nitrogens with two attached hydrogens (primary N) is 1. The van der Waals surface area contributed by atoms with Crippen LogP contribution in [0.3, 0.4) is 0 Å². The molecule has 0 saturated heterocycles. The van der Waals surface area contributed by atoms with Crippen LogP contribution in [0.15, 0.2) is 12.1 Å². The first-order chi connectivity index (χ1) is 8.58. The van der Waals surface area contributed by atoms with Gasteiger partial charge < -0.3 is 15.6 Å². The number of aromatic carboxylic acids is 1. The molecule has 92 valence electrons. The molecule has 0 unspecified atom stereocenters. The number of rotatable bonds is 1. The zero-order valence-electron chi connectivity index (χ0n) is 9.86. The molecule has 0 bridgehead atoms. The minimum absolute atomic E-state index is 0.295. The van der Waals surface area contributed by atoms with E-state index >= 15 is 0 Å². The van der Waals surface area contributed by atoms with E-state index < -0.39 is 5.97 Å². The van der Waals surface area contributed by atoms with Gasteiger partial charge in [-0.25, -0.2) is 9.78 Å². The largest absolute Gasteiger partial charge is 0.478 e. The summed E-state index contributed by atoms with van der Waals surface area (Å²) in [6.07, 6.45) is 0. The van der Waals surface area contributed by atoms with Crippen LogP contribution in [0.5, 0.6) is 0 Å². The molecular weight excluding hydrogens is 232 g/mol. The highest BCUT2D eigenvalue weighted by molar-refractivity contribution is 5.97. The number of carboxylic acids is 1. The Morgan fingerprint density at radius 2 is 2.11 bits per heavy atom. The number of pyridine rings is 1. The number of carbonyl (C=O) groups is 1. The van der Waals surface area contributed by atoms with Crippen molar-refractivity contribution in [3.8, 4) is 0 Å². The van der Waals surface area contributed by atoms with Crippen LogP contribution >= 0.6 is 0 Å². The summed E-state index contributed by atoms with van der Waals surface area (Å²) < 4.78 is 5.37. The fourth-order valence-corrected chi connectivity index (χ4v) is 2.35. The van der Waals surface area contributed by atoms with E-state index in [-0.39, 0.29) is 0 Å². The molecule has 18 heavy (non-hydrogen) atoms. The van der Waals surface area contributed by atoms with E-state index in [4.69, 9.17) is 15.6 Å². The Morgan fingerprint density at radius 1 is 1.39 bits per heavy atom. The van der Waals surface area contributed by atoms with E-state index in [1.54, 1.807) is 19.1 Å². The number of hydrogen-bond acceptors (Lipinski definition) is 4. The first-order valence-electron chi connectivity index (χ1n) is 5.60. The van der Waals surface area contributed by atoms with Crippen molar-refractivity contribution in [2.75, 3.05) is 5.73 Å². The molecule has 3 rings (SSSR count). The number of hydrogen-bond donors (Lipinski definition) is 2. The third kappa shape index (κ3) is 1.44. The Labute approximate surface area is 103 Å². The molecule has 0 fully saturated rings. The zero-order valence-corrected chi connectivity index (χ0v) is 9.86. The Morgan fingerprint density at radius 3 is 2.83 bits per heavy atom. The van der Waals surface area contributed by atoms with E-state index in [0.29, 0.717) is 30.2 Å². The molecule has 5 heteroatoms. The number of anilines is 1. The Kier molecular flexibility index (Phi) is 2.24. The zero-order chi connectivity index (χ0) is 12.9. The highest BCUT2D eigenvalue weighted by Crippen LogP contribution is 2.32. The van der Waals surface area contributed by atoms with Gasteiger partial charge in [-0.1, -0.05) is 0 Å². The number of aromatic nitrogens is 1. The highest BCUT2D eigenvalue weighted by atomic mass is 16.5. The van der Waals surface area contributed by atoms with Crippen LogP contribution < -0.4 is 5.73 Å². The van der Waals surface area contributed by atoms with Crippen molar-refractivity contribution in [1.82, 2.24) is 4.98 Å². The van der Waals surface area contributed by atoms with E-state index in [0.717, 1.165) is 22.0 Å². The average Bonchev–Trinajstić information content (AvgIpc) is 2.77. The average molecular weight is 244 g/mol. The Balaban J connectivity index is 2.40. The van der Waals surface area contributed by atoms with Gasteiger partial charge >= 0.3 is 5.97 Å². The van der Waals surface area contributed by atoms with Crippen LogP contribution in [0.4, 0.5) is 5.82 Å². The number of fused-ring (bicyclic) bond motifs is 3. The standard InChI is InChI=1S/C13H12N2O3/c1-6-2-11-8(3-7(6)13(16)17)9-4-18-5-10(9)12(14)15-11/h2-3H,4-5H2,1H3,(H2,14,15)(H,16,17). The molecule has 0 aliphatic carbocycles. The summed E-state index contributed by atoms with van der Waals surface area (Å²) in [5.41, 5.74) is 9.41. The van der Waals surface area contributed by atoms with Crippen molar-refractivity contribution in [3.05, 3.63) is 34.4 Å². The Bertz CT molecular complexity index is 680. The summed E-state index contributed by atoms with van der Waals surface area (Å²) in [6, 6.07) is 3.42. The predicted octanol–water partition coefficient (Wildman–Crippen LogP) is 1.85. The maximum atomic E-state index is 11.2. The molecule has 0 atom stereocenters. The minimum Gasteiger partial charge on any atom is -0.478 e. The summed E-state index contributed by atoms with van der Waals surface area (Å²) >= 11 is 0. The lowest BCUT2D eigenvalue weighted by Crippen LogP contribution is -2.03. The SMILES string of the molecule is Cc1cc2nc(N)c3c(c2cc1C(=O)O)COC3. The summed E-state index contributed by atoms with van der Waals surface area (Å²) in [4.78, 5) is 15.5. The second kappa shape index (κ2) is 3.68. The maximum absolute atomic E-state index is 11.2. The van der Waals surface area contributed by atoms with Gasteiger partial charge in [-0.05, 0) is 30.2 Å². The number of benzene rings is 1. The van der Waals surface area contributed by atoms with Gasteiger partial charge in [0.15, 0.2) is 0 Å². The molecule has 1 aromatic heterocycles. The Hall–Kier alpha value is -2.14. The van der Waals surface area contributed by atoms with Gasteiger partial charge in [0.1, 0.15) is 5.82 Å². The lowest BCUT2D eigenvalue weighted by atomic mass is 9.99. The van der Waals surface area contributed by atoms with Gasteiger partial charge in [0.05, 0.1) is 24.3 Å². The van der Waals surface area contributed by atoms with E-state index in [1.165, 1.54) is 0 Å². The molecule has 0 radical (unpaired) electrons. The van der Waals surface area contributed by atoms with Crippen molar-refractivity contribution in [3.63, 3.8) is 0 Å². The van der Waals surface area contributed by atoms with Gasteiger partial charge in [0.25, 0.3) is 0 Å². The van der Waals surface area contributed by atoms with Crippen molar-refractivity contribution >= 4 is 22.7 Å². The molecule has 0 spiro atoms. The van der Waals surface area contributed by atoms with Crippen LogP contribution in [-0.4, -0.2) is 16.1 Å². The molecule has 0 amide bonds.